The number of nitrogens with one attached hydrogen (secondary N) is 1. The van der Waals surface area contributed by atoms with Crippen LogP contribution in [0.25, 0.3) is 11.0 Å². The number of anilines is 2. The molecule has 19 heavy (non-hydrogen) atoms. The number of benzene rings is 2. The first-order chi connectivity index (χ1) is 9.28. The fraction of sp³-hybridized carbons (Fsp3) is 0.188. The van der Waals surface area contributed by atoms with Crippen LogP contribution in [0.2, 0.25) is 0 Å². The Morgan fingerprint density at radius 3 is 2.47 bits per heavy atom. The summed E-state index contributed by atoms with van der Waals surface area (Å²) in [5.41, 5.74) is 4.54. The number of rotatable bonds is 3. The summed E-state index contributed by atoms with van der Waals surface area (Å²) in [6.07, 6.45) is 1.06. The van der Waals surface area contributed by atoms with Crippen LogP contribution in [0, 0.1) is 0 Å². The summed E-state index contributed by atoms with van der Waals surface area (Å²) in [7, 11) is 2.03. The third-order valence-electron chi connectivity index (χ3n) is 3.43. The van der Waals surface area contributed by atoms with Gasteiger partial charge in [0.15, 0.2) is 0 Å². The van der Waals surface area contributed by atoms with E-state index in [9.17, 15) is 0 Å². The van der Waals surface area contributed by atoms with E-state index in [2.05, 4.69) is 46.1 Å². The molecule has 0 aliphatic carbocycles. The Morgan fingerprint density at radius 2 is 1.79 bits per heavy atom. The standard InChI is InChI=1S/C16H17N3/c1-3-12-8-10-13(11-9-12)19(2)16-17-14-6-4-5-7-15(14)18-16/h4-11H,3H2,1-2H3,(H,17,18). The van der Waals surface area contributed by atoms with Crippen molar-refractivity contribution < 1.29 is 0 Å². The van der Waals surface area contributed by atoms with E-state index in [1.54, 1.807) is 0 Å². The fourth-order valence-corrected chi connectivity index (χ4v) is 2.18. The van der Waals surface area contributed by atoms with Gasteiger partial charge in [0.25, 0.3) is 0 Å². The van der Waals surface area contributed by atoms with Crippen LogP contribution in [-0.4, -0.2) is 17.0 Å². The zero-order chi connectivity index (χ0) is 13.2. The van der Waals surface area contributed by atoms with Gasteiger partial charge in [0, 0.05) is 12.7 Å². The Hall–Kier alpha value is -2.29. The Labute approximate surface area is 112 Å². The molecule has 0 amide bonds. The molecule has 96 valence electrons. The number of hydrogen-bond donors (Lipinski definition) is 1. The van der Waals surface area contributed by atoms with Crippen LogP contribution in [0.1, 0.15) is 12.5 Å². The molecule has 0 aliphatic heterocycles. The monoisotopic (exact) mass is 251 g/mol. The van der Waals surface area contributed by atoms with Crippen molar-refractivity contribution in [2.24, 2.45) is 0 Å². The number of H-pyrrole nitrogens is 1. The Kier molecular flexibility index (Phi) is 2.95. The number of aryl methyl sites for hydroxylation is 1. The van der Waals surface area contributed by atoms with E-state index in [4.69, 9.17) is 0 Å². The molecule has 0 unspecified atom stereocenters. The smallest absolute Gasteiger partial charge is 0.208 e. The van der Waals surface area contributed by atoms with Crippen molar-refractivity contribution in [1.82, 2.24) is 9.97 Å². The first kappa shape index (κ1) is 11.8. The molecule has 0 radical (unpaired) electrons. The highest BCUT2D eigenvalue weighted by atomic mass is 15.2. The average molecular weight is 251 g/mol. The number of aromatic nitrogens is 2. The van der Waals surface area contributed by atoms with Gasteiger partial charge in [-0.05, 0) is 36.2 Å². The minimum atomic E-state index is 0.866. The molecule has 1 aromatic heterocycles. The molecular weight excluding hydrogens is 234 g/mol. The van der Waals surface area contributed by atoms with Crippen molar-refractivity contribution in [1.29, 1.82) is 0 Å². The molecule has 0 aliphatic rings. The van der Waals surface area contributed by atoms with Crippen LogP contribution < -0.4 is 4.90 Å². The number of para-hydroxylation sites is 2. The number of aromatic amines is 1. The maximum absolute atomic E-state index is 4.60. The normalized spacial score (nSPS) is 10.8. The first-order valence-corrected chi connectivity index (χ1v) is 6.55. The SMILES string of the molecule is CCc1ccc(N(C)c2nc3ccccc3[nH]2)cc1. The van der Waals surface area contributed by atoms with E-state index in [1.807, 2.05) is 31.3 Å². The molecule has 0 spiro atoms. The molecule has 0 atom stereocenters. The first-order valence-electron chi connectivity index (χ1n) is 6.55. The summed E-state index contributed by atoms with van der Waals surface area (Å²) in [5.74, 6) is 0.866. The van der Waals surface area contributed by atoms with E-state index >= 15 is 0 Å². The van der Waals surface area contributed by atoms with Gasteiger partial charge in [0.2, 0.25) is 5.95 Å². The molecule has 3 aromatic rings. The van der Waals surface area contributed by atoms with Crippen LogP contribution in [0.15, 0.2) is 48.5 Å². The molecular formula is C16H17N3. The molecule has 1 heterocycles. The van der Waals surface area contributed by atoms with Crippen LogP contribution in [-0.2, 0) is 6.42 Å². The molecule has 0 saturated heterocycles. The van der Waals surface area contributed by atoms with Gasteiger partial charge in [-0.2, -0.15) is 0 Å². The molecule has 2 aromatic carbocycles. The summed E-state index contributed by atoms with van der Waals surface area (Å²) < 4.78 is 0. The minimum absolute atomic E-state index is 0.866. The lowest BCUT2D eigenvalue weighted by Gasteiger charge is -2.16. The highest BCUT2D eigenvalue weighted by molar-refractivity contribution is 5.78. The van der Waals surface area contributed by atoms with Crippen molar-refractivity contribution >= 4 is 22.7 Å². The van der Waals surface area contributed by atoms with Crippen LogP contribution >= 0.6 is 0 Å². The topological polar surface area (TPSA) is 31.9 Å². The van der Waals surface area contributed by atoms with E-state index in [0.717, 1.165) is 29.1 Å². The quantitative estimate of drug-likeness (QED) is 0.765. The zero-order valence-corrected chi connectivity index (χ0v) is 11.2. The van der Waals surface area contributed by atoms with Gasteiger partial charge in [-0.3, -0.25) is 0 Å². The molecule has 0 fully saturated rings. The number of nitrogens with zero attached hydrogens (tertiary/aromatic N) is 2. The van der Waals surface area contributed by atoms with Gasteiger partial charge >= 0.3 is 0 Å². The van der Waals surface area contributed by atoms with E-state index in [0.29, 0.717) is 0 Å². The summed E-state index contributed by atoms with van der Waals surface area (Å²) in [5, 5.41) is 0. The van der Waals surface area contributed by atoms with Gasteiger partial charge in [0.1, 0.15) is 0 Å². The van der Waals surface area contributed by atoms with Gasteiger partial charge in [-0.15, -0.1) is 0 Å². The van der Waals surface area contributed by atoms with Crippen molar-refractivity contribution in [3.63, 3.8) is 0 Å². The predicted octanol–water partition coefficient (Wildman–Crippen LogP) is 3.89. The highest BCUT2D eigenvalue weighted by Gasteiger charge is 2.08. The maximum atomic E-state index is 4.60. The van der Waals surface area contributed by atoms with Gasteiger partial charge in [0.05, 0.1) is 11.0 Å². The van der Waals surface area contributed by atoms with Gasteiger partial charge < -0.3 is 9.88 Å². The number of fused-ring (bicyclic) bond motifs is 1. The van der Waals surface area contributed by atoms with Crippen molar-refractivity contribution in [3.05, 3.63) is 54.1 Å². The average Bonchev–Trinajstić information content (AvgIpc) is 2.90. The number of imidazole rings is 1. The maximum Gasteiger partial charge on any atom is 0.208 e. The summed E-state index contributed by atoms with van der Waals surface area (Å²) >= 11 is 0. The lowest BCUT2D eigenvalue weighted by Crippen LogP contribution is -2.10. The lowest BCUT2D eigenvalue weighted by molar-refractivity contribution is 1.09. The molecule has 0 bridgehead atoms. The third-order valence-corrected chi connectivity index (χ3v) is 3.43. The predicted molar refractivity (Wildman–Crippen MR) is 80.0 cm³/mol. The van der Waals surface area contributed by atoms with Crippen molar-refractivity contribution in [3.8, 4) is 0 Å². The lowest BCUT2D eigenvalue weighted by atomic mass is 10.1. The summed E-state index contributed by atoms with van der Waals surface area (Å²) in [4.78, 5) is 10.0. The van der Waals surface area contributed by atoms with E-state index in [1.165, 1.54) is 5.56 Å². The second kappa shape index (κ2) is 4.76. The Morgan fingerprint density at radius 1 is 1.05 bits per heavy atom. The Bertz CT molecular complexity index is 650. The van der Waals surface area contributed by atoms with Crippen molar-refractivity contribution in [2.75, 3.05) is 11.9 Å². The molecule has 3 rings (SSSR count). The zero-order valence-electron chi connectivity index (χ0n) is 11.2. The molecule has 3 nitrogen and oxygen atoms in total. The van der Waals surface area contributed by atoms with E-state index in [-0.39, 0.29) is 0 Å². The highest BCUT2D eigenvalue weighted by Crippen LogP contribution is 2.23. The van der Waals surface area contributed by atoms with Gasteiger partial charge in [-0.1, -0.05) is 31.2 Å². The fourth-order valence-electron chi connectivity index (χ4n) is 2.18. The van der Waals surface area contributed by atoms with Gasteiger partial charge in [-0.25, -0.2) is 4.98 Å². The van der Waals surface area contributed by atoms with Crippen LogP contribution in [0.3, 0.4) is 0 Å². The summed E-state index contributed by atoms with van der Waals surface area (Å²) in [6.45, 7) is 2.16. The van der Waals surface area contributed by atoms with Crippen LogP contribution in [0.5, 0.6) is 0 Å². The second-order valence-electron chi connectivity index (χ2n) is 4.66. The Balaban J connectivity index is 1.95. The molecule has 3 heteroatoms. The minimum Gasteiger partial charge on any atom is -0.324 e. The molecule has 1 N–H and O–H groups in total. The summed E-state index contributed by atoms with van der Waals surface area (Å²) in [6, 6.07) is 16.7. The molecule has 0 saturated carbocycles. The third kappa shape index (κ3) is 2.19. The number of hydrogen-bond acceptors (Lipinski definition) is 2. The van der Waals surface area contributed by atoms with Crippen LogP contribution in [0.4, 0.5) is 11.6 Å². The van der Waals surface area contributed by atoms with Crippen molar-refractivity contribution in [2.45, 2.75) is 13.3 Å². The van der Waals surface area contributed by atoms with E-state index < -0.39 is 0 Å². The largest absolute Gasteiger partial charge is 0.324 e. The second-order valence-corrected chi connectivity index (χ2v) is 4.66.